The van der Waals surface area contributed by atoms with E-state index >= 15 is 0 Å². The zero-order valence-corrected chi connectivity index (χ0v) is 13.4. The molecule has 7 nitrogen and oxygen atoms in total. The standard InChI is InChI=1S/C14H17N3O4S/c1-10(9-22(3,20)21)16(2)14-7-4-11-8-12(17(18)19)5-6-13(11)15-14/h4-8,10H,9H2,1-3H3/t10-/m1/s1. The molecule has 2 aromatic rings. The average Bonchev–Trinajstić information content (AvgIpc) is 2.43. The molecule has 0 bridgehead atoms. The van der Waals surface area contributed by atoms with Crippen LogP contribution in [0.2, 0.25) is 0 Å². The molecule has 2 rings (SSSR count). The van der Waals surface area contributed by atoms with E-state index in [9.17, 15) is 18.5 Å². The molecule has 0 fully saturated rings. The van der Waals surface area contributed by atoms with Crippen LogP contribution in [0.1, 0.15) is 6.92 Å². The Labute approximate surface area is 128 Å². The van der Waals surface area contributed by atoms with Gasteiger partial charge in [-0.2, -0.15) is 0 Å². The minimum absolute atomic E-state index is 0.0147. The van der Waals surface area contributed by atoms with Gasteiger partial charge in [-0.25, -0.2) is 13.4 Å². The highest BCUT2D eigenvalue weighted by Crippen LogP contribution is 2.23. The molecule has 0 aliphatic heterocycles. The summed E-state index contributed by atoms with van der Waals surface area (Å²) in [4.78, 5) is 16.5. The molecular weight excluding hydrogens is 306 g/mol. The number of nitro groups is 1. The molecule has 8 heteroatoms. The van der Waals surface area contributed by atoms with Crippen LogP contribution in [0.25, 0.3) is 10.9 Å². The molecule has 22 heavy (non-hydrogen) atoms. The number of nitro benzene ring substituents is 1. The number of anilines is 1. The number of pyridine rings is 1. The van der Waals surface area contributed by atoms with E-state index in [-0.39, 0.29) is 17.5 Å². The first kappa shape index (κ1) is 16.2. The van der Waals surface area contributed by atoms with Crippen LogP contribution in [0.3, 0.4) is 0 Å². The molecule has 0 amide bonds. The first-order valence-corrected chi connectivity index (χ1v) is 8.69. The largest absolute Gasteiger partial charge is 0.356 e. The predicted octanol–water partition coefficient (Wildman–Crippen LogP) is 2.01. The minimum atomic E-state index is -3.08. The fraction of sp³-hybridized carbons (Fsp3) is 0.357. The molecule has 118 valence electrons. The highest BCUT2D eigenvalue weighted by atomic mass is 32.2. The van der Waals surface area contributed by atoms with Crippen molar-refractivity contribution in [2.45, 2.75) is 13.0 Å². The summed E-state index contributed by atoms with van der Waals surface area (Å²) in [6.45, 7) is 1.81. The van der Waals surface area contributed by atoms with E-state index in [1.54, 1.807) is 30.1 Å². The summed E-state index contributed by atoms with van der Waals surface area (Å²) in [5.74, 6) is 0.654. The lowest BCUT2D eigenvalue weighted by atomic mass is 10.2. The summed E-state index contributed by atoms with van der Waals surface area (Å²) in [6.07, 6.45) is 1.20. The van der Waals surface area contributed by atoms with Crippen molar-refractivity contribution in [3.8, 4) is 0 Å². The number of non-ortho nitro benzene ring substituents is 1. The molecular formula is C14H17N3O4S. The van der Waals surface area contributed by atoms with E-state index in [0.29, 0.717) is 16.7 Å². The van der Waals surface area contributed by atoms with Crippen LogP contribution < -0.4 is 4.90 Å². The Morgan fingerprint density at radius 2 is 2.00 bits per heavy atom. The van der Waals surface area contributed by atoms with E-state index in [2.05, 4.69) is 4.98 Å². The Hall–Kier alpha value is -2.22. The molecule has 1 heterocycles. The lowest BCUT2D eigenvalue weighted by Crippen LogP contribution is -2.35. The number of fused-ring (bicyclic) bond motifs is 1. The van der Waals surface area contributed by atoms with E-state index < -0.39 is 14.8 Å². The number of aromatic nitrogens is 1. The van der Waals surface area contributed by atoms with Crippen LogP contribution in [0.15, 0.2) is 30.3 Å². The van der Waals surface area contributed by atoms with Crippen LogP contribution in [0, 0.1) is 10.1 Å². The van der Waals surface area contributed by atoms with Crippen molar-refractivity contribution in [2.75, 3.05) is 24.0 Å². The van der Waals surface area contributed by atoms with Gasteiger partial charge < -0.3 is 4.90 Å². The Kier molecular flexibility index (Phi) is 4.32. The minimum Gasteiger partial charge on any atom is -0.356 e. The van der Waals surface area contributed by atoms with Gasteiger partial charge in [0.25, 0.3) is 5.69 Å². The first-order chi connectivity index (χ1) is 10.2. The normalized spacial score (nSPS) is 13.0. The third kappa shape index (κ3) is 3.70. The lowest BCUT2D eigenvalue weighted by Gasteiger charge is -2.25. The molecule has 1 aromatic heterocycles. The number of hydrogen-bond acceptors (Lipinski definition) is 6. The maximum atomic E-state index is 11.4. The van der Waals surface area contributed by atoms with Crippen LogP contribution in [-0.2, 0) is 9.84 Å². The summed E-state index contributed by atoms with van der Waals surface area (Å²) < 4.78 is 22.8. The number of nitrogens with zero attached hydrogens (tertiary/aromatic N) is 3. The Morgan fingerprint density at radius 1 is 1.32 bits per heavy atom. The molecule has 0 saturated carbocycles. The van der Waals surface area contributed by atoms with Crippen molar-refractivity contribution in [3.05, 3.63) is 40.4 Å². The lowest BCUT2D eigenvalue weighted by molar-refractivity contribution is -0.384. The van der Waals surface area contributed by atoms with Gasteiger partial charge in [-0.05, 0) is 25.1 Å². The van der Waals surface area contributed by atoms with E-state index in [1.807, 2.05) is 6.92 Å². The Bertz CT molecular complexity index is 820. The summed E-state index contributed by atoms with van der Waals surface area (Å²) in [7, 11) is -1.31. The number of benzene rings is 1. The quantitative estimate of drug-likeness (QED) is 0.617. The maximum Gasteiger partial charge on any atom is 0.270 e. The van der Waals surface area contributed by atoms with Crippen molar-refractivity contribution < 1.29 is 13.3 Å². The van der Waals surface area contributed by atoms with Crippen LogP contribution in [0.5, 0.6) is 0 Å². The van der Waals surface area contributed by atoms with Gasteiger partial charge in [-0.1, -0.05) is 0 Å². The summed E-state index contributed by atoms with van der Waals surface area (Å²) >= 11 is 0. The van der Waals surface area contributed by atoms with Crippen LogP contribution in [0.4, 0.5) is 11.5 Å². The second-order valence-electron chi connectivity index (χ2n) is 5.36. The fourth-order valence-electron chi connectivity index (χ4n) is 2.19. The summed E-state index contributed by atoms with van der Waals surface area (Å²) in [5.41, 5.74) is 0.641. The smallest absolute Gasteiger partial charge is 0.270 e. The Morgan fingerprint density at radius 3 is 2.59 bits per heavy atom. The zero-order chi connectivity index (χ0) is 16.5. The molecule has 0 unspecified atom stereocenters. The van der Waals surface area contributed by atoms with Gasteiger partial charge >= 0.3 is 0 Å². The van der Waals surface area contributed by atoms with Crippen molar-refractivity contribution >= 4 is 32.2 Å². The number of rotatable bonds is 5. The van der Waals surface area contributed by atoms with Crippen molar-refractivity contribution in [2.24, 2.45) is 0 Å². The monoisotopic (exact) mass is 323 g/mol. The van der Waals surface area contributed by atoms with E-state index in [0.717, 1.165) is 0 Å². The first-order valence-electron chi connectivity index (χ1n) is 6.63. The zero-order valence-electron chi connectivity index (χ0n) is 12.6. The highest BCUT2D eigenvalue weighted by molar-refractivity contribution is 7.90. The van der Waals surface area contributed by atoms with Gasteiger partial charge in [0.2, 0.25) is 0 Å². The summed E-state index contributed by atoms with van der Waals surface area (Å²) in [5, 5.41) is 11.4. The number of sulfone groups is 1. The van der Waals surface area contributed by atoms with Gasteiger partial charge in [0, 0.05) is 36.9 Å². The molecule has 0 N–H and O–H groups in total. The molecule has 0 saturated heterocycles. The molecule has 0 aliphatic rings. The van der Waals surface area contributed by atoms with Gasteiger partial charge in [-0.3, -0.25) is 10.1 Å². The van der Waals surface area contributed by atoms with E-state index in [4.69, 9.17) is 0 Å². The second-order valence-corrected chi connectivity index (χ2v) is 7.54. The van der Waals surface area contributed by atoms with Gasteiger partial charge in [0.15, 0.2) is 0 Å². The topological polar surface area (TPSA) is 93.4 Å². The molecule has 0 radical (unpaired) electrons. The van der Waals surface area contributed by atoms with Crippen molar-refractivity contribution in [1.82, 2.24) is 4.98 Å². The molecule has 0 aliphatic carbocycles. The predicted molar refractivity (Wildman–Crippen MR) is 86.0 cm³/mol. The highest BCUT2D eigenvalue weighted by Gasteiger charge is 2.17. The fourth-order valence-corrected chi connectivity index (χ4v) is 3.29. The van der Waals surface area contributed by atoms with Crippen LogP contribution >= 0.6 is 0 Å². The third-order valence-electron chi connectivity index (χ3n) is 3.44. The maximum absolute atomic E-state index is 11.4. The van der Waals surface area contributed by atoms with Gasteiger partial charge in [0.1, 0.15) is 15.7 Å². The SMILES string of the molecule is C[C@H](CS(C)(=O)=O)N(C)c1ccc2cc([N+](=O)[O-])ccc2n1. The number of hydrogen-bond donors (Lipinski definition) is 0. The van der Waals surface area contributed by atoms with Crippen LogP contribution in [-0.4, -0.2) is 43.4 Å². The van der Waals surface area contributed by atoms with Gasteiger partial charge in [-0.15, -0.1) is 0 Å². The van der Waals surface area contributed by atoms with Gasteiger partial charge in [0.05, 0.1) is 16.2 Å². The second kappa shape index (κ2) is 5.88. The van der Waals surface area contributed by atoms with E-state index in [1.165, 1.54) is 18.4 Å². The summed E-state index contributed by atoms with van der Waals surface area (Å²) in [6, 6.07) is 7.70. The van der Waals surface area contributed by atoms with Crippen molar-refractivity contribution in [1.29, 1.82) is 0 Å². The third-order valence-corrected chi connectivity index (χ3v) is 4.52. The molecule has 1 atom stereocenters. The Balaban J connectivity index is 2.33. The molecule has 0 spiro atoms. The average molecular weight is 323 g/mol. The van der Waals surface area contributed by atoms with Crippen molar-refractivity contribution in [3.63, 3.8) is 0 Å². The molecule has 1 aromatic carbocycles.